The summed E-state index contributed by atoms with van der Waals surface area (Å²) < 4.78 is 5.13. The van der Waals surface area contributed by atoms with E-state index in [0.29, 0.717) is 22.8 Å². The summed E-state index contributed by atoms with van der Waals surface area (Å²) in [5.74, 6) is 0.676. The lowest BCUT2D eigenvalue weighted by atomic mass is 10.2. The zero-order valence-corrected chi connectivity index (χ0v) is 16.6. The molecule has 0 aromatic heterocycles. The Kier molecular flexibility index (Phi) is 6.14. The summed E-state index contributed by atoms with van der Waals surface area (Å²) in [6, 6.07) is 20.3. The number of methoxy groups -OCH3 is 1. The summed E-state index contributed by atoms with van der Waals surface area (Å²) in [4.78, 5) is 27.0. The van der Waals surface area contributed by atoms with Gasteiger partial charge < -0.3 is 15.4 Å². The van der Waals surface area contributed by atoms with Gasteiger partial charge in [0, 0.05) is 11.4 Å². The number of carbonyl (C=O) groups is 2. The van der Waals surface area contributed by atoms with E-state index in [1.807, 2.05) is 38.1 Å². The Hall–Kier alpha value is -3.80. The van der Waals surface area contributed by atoms with Gasteiger partial charge in [-0.3, -0.25) is 0 Å². The van der Waals surface area contributed by atoms with Gasteiger partial charge in [0.25, 0.3) is 0 Å². The van der Waals surface area contributed by atoms with Gasteiger partial charge in [-0.1, -0.05) is 35.4 Å². The third-order valence-corrected chi connectivity index (χ3v) is 4.34. The van der Waals surface area contributed by atoms with E-state index in [9.17, 15) is 9.59 Å². The molecule has 0 bridgehead atoms. The van der Waals surface area contributed by atoms with Gasteiger partial charge in [-0.05, 0) is 62.4 Å². The minimum absolute atomic E-state index is 0.464. The fourth-order valence-corrected chi connectivity index (χ4v) is 2.69. The van der Waals surface area contributed by atoms with E-state index in [4.69, 9.17) is 4.74 Å². The van der Waals surface area contributed by atoms with E-state index < -0.39 is 12.1 Å². The van der Waals surface area contributed by atoms with Crippen molar-refractivity contribution < 1.29 is 14.3 Å². The van der Waals surface area contributed by atoms with Crippen LogP contribution in [-0.4, -0.2) is 19.2 Å². The molecular formula is C23H23N3O3. The van der Waals surface area contributed by atoms with Crippen LogP contribution in [0.2, 0.25) is 0 Å². The number of hydrogen-bond donors (Lipinski definition) is 2. The number of imide groups is 1. The monoisotopic (exact) mass is 389 g/mol. The van der Waals surface area contributed by atoms with E-state index in [2.05, 4.69) is 10.6 Å². The first-order chi connectivity index (χ1) is 14.0. The van der Waals surface area contributed by atoms with Crippen molar-refractivity contribution >= 4 is 29.1 Å². The topological polar surface area (TPSA) is 70.7 Å². The van der Waals surface area contributed by atoms with Gasteiger partial charge in [0.05, 0.1) is 12.8 Å². The minimum atomic E-state index is -0.566. The Morgan fingerprint density at radius 3 is 1.55 bits per heavy atom. The van der Waals surface area contributed by atoms with Crippen LogP contribution in [0.3, 0.4) is 0 Å². The van der Waals surface area contributed by atoms with Crippen molar-refractivity contribution in [3.8, 4) is 5.75 Å². The molecule has 3 aromatic carbocycles. The standard InChI is InChI=1S/C23H23N3O3/c1-16-4-8-18(9-5-16)24-22(27)26(20-12-6-17(2)7-13-20)23(28)25-19-10-14-21(29-3)15-11-19/h4-15H,1-3H3,(H,24,27)(H,25,28). The van der Waals surface area contributed by atoms with Crippen LogP contribution in [0, 0.1) is 13.8 Å². The maximum absolute atomic E-state index is 13.0. The molecule has 0 fully saturated rings. The molecule has 2 N–H and O–H groups in total. The molecule has 0 spiro atoms. The molecule has 0 atom stereocenters. The van der Waals surface area contributed by atoms with Gasteiger partial charge in [-0.25, -0.2) is 14.5 Å². The molecule has 3 aromatic rings. The van der Waals surface area contributed by atoms with Crippen LogP contribution < -0.4 is 20.3 Å². The molecule has 6 nitrogen and oxygen atoms in total. The van der Waals surface area contributed by atoms with Crippen LogP contribution in [0.1, 0.15) is 11.1 Å². The molecule has 0 aliphatic carbocycles. The molecule has 0 aliphatic rings. The fourth-order valence-electron chi connectivity index (χ4n) is 2.69. The zero-order chi connectivity index (χ0) is 20.8. The first-order valence-corrected chi connectivity index (χ1v) is 9.16. The molecule has 3 rings (SSSR count). The lowest BCUT2D eigenvalue weighted by Crippen LogP contribution is -2.42. The number of anilines is 3. The third-order valence-electron chi connectivity index (χ3n) is 4.34. The Morgan fingerprint density at radius 2 is 1.10 bits per heavy atom. The highest BCUT2D eigenvalue weighted by molar-refractivity contribution is 6.21. The van der Waals surface area contributed by atoms with E-state index >= 15 is 0 Å². The first-order valence-electron chi connectivity index (χ1n) is 9.16. The zero-order valence-electron chi connectivity index (χ0n) is 16.6. The molecule has 0 saturated carbocycles. The largest absolute Gasteiger partial charge is 0.497 e. The maximum Gasteiger partial charge on any atom is 0.334 e. The van der Waals surface area contributed by atoms with Crippen molar-refractivity contribution in [1.29, 1.82) is 0 Å². The molecule has 6 heteroatoms. The lowest BCUT2D eigenvalue weighted by molar-refractivity contribution is 0.246. The second-order valence-electron chi connectivity index (χ2n) is 6.63. The number of carbonyl (C=O) groups excluding carboxylic acids is 2. The van der Waals surface area contributed by atoms with Gasteiger partial charge in [-0.2, -0.15) is 0 Å². The second-order valence-corrected chi connectivity index (χ2v) is 6.63. The van der Waals surface area contributed by atoms with Crippen molar-refractivity contribution in [1.82, 2.24) is 0 Å². The van der Waals surface area contributed by atoms with Crippen molar-refractivity contribution in [2.24, 2.45) is 0 Å². The second kappa shape index (κ2) is 8.93. The van der Waals surface area contributed by atoms with Crippen molar-refractivity contribution in [3.63, 3.8) is 0 Å². The van der Waals surface area contributed by atoms with E-state index in [1.54, 1.807) is 55.6 Å². The van der Waals surface area contributed by atoms with Crippen molar-refractivity contribution in [2.75, 3.05) is 22.6 Å². The molecule has 29 heavy (non-hydrogen) atoms. The average molecular weight is 389 g/mol. The quantitative estimate of drug-likeness (QED) is 0.612. The van der Waals surface area contributed by atoms with Crippen molar-refractivity contribution in [3.05, 3.63) is 83.9 Å². The molecule has 0 unspecified atom stereocenters. The van der Waals surface area contributed by atoms with Crippen LogP contribution in [0.25, 0.3) is 0 Å². The summed E-state index contributed by atoms with van der Waals surface area (Å²) in [6.45, 7) is 3.91. The summed E-state index contributed by atoms with van der Waals surface area (Å²) in [5.41, 5.74) is 3.73. The highest BCUT2D eigenvalue weighted by atomic mass is 16.5. The number of nitrogens with zero attached hydrogens (tertiary/aromatic N) is 1. The number of hydrogen-bond acceptors (Lipinski definition) is 3. The highest BCUT2D eigenvalue weighted by Crippen LogP contribution is 2.21. The lowest BCUT2D eigenvalue weighted by Gasteiger charge is -2.22. The van der Waals surface area contributed by atoms with Crippen LogP contribution in [0.15, 0.2) is 72.8 Å². The number of ether oxygens (including phenoxy) is 1. The number of benzene rings is 3. The third kappa shape index (κ3) is 5.13. The summed E-state index contributed by atoms with van der Waals surface area (Å²) >= 11 is 0. The number of aryl methyl sites for hydroxylation is 2. The average Bonchev–Trinajstić information content (AvgIpc) is 2.72. The maximum atomic E-state index is 13.0. The van der Waals surface area contributed by atoms with E-state index in [-0.39, 0.29) is 0 Å². The fraction of sp³-hybridized carbons (Fsp3) is 0.130. The number of urea groups is 2. The molecule has 0 radical (unpaired) electrons. The molecule has 0 saturated heterocycles. The predicted molar refractivity (Wildman–Crippen MR) is 116 cm³/mol. The van der Waals surface area contributed by atoms with Gasteiger partial charge in [0.1, 0.15) is 5.75 Å². The number of nitrogens with one attached hydrogen (secondary N) is 2. The van der Waals surface area contributed by atoms with Gasteiger partial charge >= 0.3 is 12.1 Å². The summed E-state index contributed by atoms with van der Waals surface area (Å²) in [5, 5.41) is 5.53. The molecule has 148 valence electrons. The molecule has 4 amide bonds. The number of rotatable bonds is 4. The van der Waals surface area contributed by atoms with Crippen molar-refractivity contribution in [2.45, 2.75) is 13.8 Å². The normalized spacial score (nSPS) is 10.2. The van der Waals surface area contributed by atoms with Crippen LogP contribution in [0.4, 0.5) is 26.7 Å². The first kappa shape index (κ1) is 19.9. The summed E-state index contributed by atoms with van der Waals surface area (Å²) in [6.07, 6.45) is 0. The number of amides is 4. The Labute approximate surface area is 170 Å². The highest BCUT2D eigenvalue weighted by Gasteiger charge is 2.24. The molecule has 0 heterocycles. The van der Waals surface area contributed by atoms with E-state index in [1.165, 1.54) is 0 Å². The van der Waals surface area contributed by atoms with Gasteiger partial charge in [0.15, 0.2) is 0 Å². The van der Waals surface area contributed by atoms with Gasteiger partial charge in [-0.15, -0.1) is 0 Å². The summed E-state index contributed by atoms with van der Waals surface area (Å²) in [7, 11) is 1.57. The van der Waals surface area contributed by atoms with Crippen LogP contribution in [-0.2, 0) is 0 Å². The minimum Gasteiger partial charge on any atom is -0.497 e. The Bertz CT molecular complexity index is 981. The van der Waals surface area contributed by atoms with Crippen LogP contribution in [0.5, 0.6) is 5.75 Å². The Morgan fingerprint density at radius 1 is 0.690 bits per heavy atom. The van der Waals surface area contributed by atoms with Crippen LogP contribution >= 0.6 is 0 Å². The molecular weight excluding hydrogens is 366 g/mol. The van der Waals surface area contributed by atoms with E-state index in [0.717, 1.165) is 16.0 Å². The Balaban J connectivity index is 1.84. The smallest absolute Gasteiger partial charge is 0.334 e. The predicted octanol–water partition coefficient (Wildman–Crippen LogP) is 5.58. The molecule has 0 aliphatic heterocycles. The SMILES string of the molecule is COc1ccc(NC(=O)N(C(=O)Nc2ccc(C)cc2)c2ccc(C)cc2)cc1. The van der Waals surface area contributed by atoms with Gasteiger partial charge in [0.2, 0.25) is 0 Å².